The third kappa shape index (κ3) is 62.9. The minimum absolute atomic E-state index is 0.0802. The van der Waals surface area contributed by atoms with Gasteiger partial charge in [0.1, 0.15) is 13.2 Å². The van der Waals surface area contributed by atoms with E-state index in [-0.39, 0.29) is 31.1 Å². The molecular weight excluding hydrogens is 961 g/mol. The monoisotopic (exact) mass is 1080 g/mol. The van der Waals surface area contributed by atoms with Gasteiger partial charge in [0, 0.05) is 19.3 Å². The van der Waals surface area contributed by atoms with Crippen molar-refractivity contribution >= 4 is 17.9 Å². The summed E-state index contributed by atoms with van der Waals surface area (Å²) in [4.78, 5) is 38.1. The number of esters is 3. The molecule has 446 valence electrons. The molecule has 0 aromatic heterocycles. The van der Waals surface area contributed by atoms with Crippen LogP contribution >= 0.6 is 0 Å². The first kappa shape index (κ1) is 74.1. The molecule has 0 saturated heterocycles. The number of hydrogen-bond acceptors (Lipinski definition) is 6. The number of allylic oxidation sites excluding steroid dienone is 18. The van der Waals surface area contributed by atoms with Gasteiger partial charge in [0.15, 0.2) is 6.10 Å². The Bertz CT molecular complexity index is 1570. The highest BCUT2D eigenvalue weighted by Crippen LogP contribution is 2.16. The van der Waals surface area contributed by atoms with Crippen LogP contribution in [-0.4, -0.2) is 37.2 Å². The summed E-state index contributed by atoms with van der Waals surface area (Å²) in [6.45, 7) is 6.47. The van der Waals surface area contributed by atoms with E-state index < -0.39 is 6.10 Å². The van der Waals surface area contributed by atoms with Crippen LogP contribution < -0.4 is 0 Å². The maximum Gasteiger partial charge on any atom is 0.306 e. The van der Waals surface area contributed by atoms with Gasteiger partial charge in [-0.05, 0) is 109 Å². The lowest BCUT2D eigenvalue weighted by Gasteiger charge is -2.18. The molecule has 6 nitrogen and oxygen atoms in total. The van der Waals surface area contributed by atoms with Crippen molar-refractivity contribution in [2.24, 2.45) is 0 Å². The number of hydrogen-bond donors (Lipinski definition) is 0. The first-order chi connectivity index (χ1) is 38.5. The summed E-state index contributed by atoms with van der Waals surface area (Å²) < 4.78 is 16.8. The van der Waals surface area contributed by atoms with Crippen molar-refractivity contribution in [1.29, 1.82) is 0 Å². The molecule has 0 aromatic carbocycles. The minimum Gasteiger partial charge on any atom is -0.462 e. The molecule has 0 aliphatic heterocycles. The van der Waals surface area contributed by atoms with Crippen molar-refractivity contribution in [3.05, 3.63) is 109 Å². The molecule has 6 heteroatoms. The molecule has 0 amide bonds. The second-order valence-electron chi connectivity index (χ2n) is 21.6. The Hall–Kier alpha value is -3.93. The van der Waals surface area contributed by atoms with Crippen LogP contribution in [0.15, 0.2) is 109 Å². The van der Waals surface area contributed by atoms with Crippen molar-refractivity contribution < 1.29 is 28.6 Å². The summed E-state index contributed by atoms with van der Waals surface area (Å²) in [6, 6.07) is 0. The summed E-state index contributed by atoms with van der Waals surface area (Å²) in [6.07, 6.45) is 89.9. The summed E-state index contributed by atoms with van der Waals surface area (Å²) in [7, 11) is 0. The molecule has 0 fully saturated rings. The Morgan fingerprint density at radius 3 is 0.782 bits per heavy atom. The van der Waals surface area contributed by atoms with Crippen LogP contribution in [0.5, 0.6) is 0 Å². The first-order valence-electron chi connectivity index (χ1n) is 32.9. The SMILES string of the molecule is CC/C=C\C/C=C\C/C=C\C/C=C\C/C=C\C/C=C\CCCCCCCCCCCCC(=O)OCC(COC(=O)CCCCCCCC)OC(=O)CCCCCCCCCCCC/C=C\C/C=C\C/C=C\CCCCCCC. The van der Waals surface area contributed by atoms with Crippen LogP contribution in [0.4, 0.5) is 0 Å². The average molecular weight is 1080 g/mol. The molecule has 0 rings (SSSR count). The zero-order chi connectivity index (χ0) is 56.4. The predicted molar refractivity (Wildman–Crippen MR) is 339 cm³/mol. The van der Waals surface area contributed by atoms with Crippen molar-refractivity contribution in [3.8, 4) is 0 Å². The van der Waals surface area contributed by atoms with Crippen molar-refractivity contribution in [1.82, 2.24) is 0 Å². The first-order valence-corrected chi connectivity index (χ1v) is 32.9. The van der Waals surface area contributed by atoms with Gasteiger partial charge in [-0.15, -0.1) is 0 Å². The maximum atomic E-state index is 12.9. The van der Waals surface area contributed by atoms with Gasteiger partial charge in [0.2, 0.25) is 0 Å². The van der Waals surface area contributed by atoms with Gasteiger partial charge >= 0.3 is 17.9 Å². The van der Waals surface area contributed by atoms with E-state index in [0.29, 0.717) is 19.3 Å². The Morgan fingerprint density at radius 2 is 0.500 bits per heavy atom. The van der Waals surface area contributed by atoms with Crippen molar-refractivity contribution in [2.75, 3.05) is 13.2 Å². The fraction of sp³-hybridized carbons (Fsp3) is 0.708. The molecule has 0 aliphatic rings. The smallest absolute Gasteiger partial charge is 0.306 e. The van der Waals surface area contributed by atoms with E-state index in [9.17, 15) is 14.4 Å². The number of unbranched alkanes of at least 4 members (excludes halogenated alkanes) is 30. The number of carbonyl (C=O) groups is 3. The van der Waals surface area contributed by atoms with E-state index in [1.165, 1.54) is 161 Å². The molecule has 1 unspecified atom stereocenters. The van der Waals surface area contributed by atoms with Crippen LogP contribution in [0.1, 0.15) is 310 Å². The van der Waals surface area contributed by atoms with Gasteiger partial charge in [-0.3, -0.25) is 14.4 Å². The topological polar surface area (TPSA) is 78.9 Å². The van der Waals surface area contributed by atoms with Crippen molar-refractivity contribution in [2.45, 2.75) is 316 Å². The highest BCUT2D eigenvalue weighted by molar-refractivity contribution is 5.71. The van der Waals surface area contributed by atoms with Crippen LogP contribution in [0.25, 0.3) is 0 Å². The van der Waals surface area contributed by atoms with Gasteiger partial charge < -0.3 is 14.2 Å². The average Bonchev–Trinajstić information content (AvgIpc) is 3.44. The van der Waals surface area contributed by atoms with E-state index >= 15 is 0 Å². The molecule has 0 aliphatic carbocycles. The Kier molecular flexibility index (Phi) is 62.3. The van der Waals surface area contributed by atoms with Gasteiger partial charge in [0.05, 0.1) is 0 Å². The summed E-state index contributed by atoms with van der Waals surface area (Å²) in [5.74, 6) is -0.892. The van der Waals surface area contributed by atoms with Crippen LogP contribution in [0.3, 0.4) is 0 Å². The van der Waals surface area contributed by atoms with Gasteiger partial charge in [-0.2, -0.15) is 0 Å². The van der Waals surface area contributed by atoms with E-state index in [2.05, 4.69) is 130 Å². The second kappa shape index (κ2) is 65.6. The second-order valence-corrected chi connectivity index (χ2v) is 21.6. The molecule has 0 radical (unpaired) electrons. The number of ether oxygens (including phenoxy) is 3. The molecular formula is C72H122O6. The quantitative estimate of drug-likeness (QED) is 0.0261. The third-order valence-corrected chi connectivity index (χ3v) is 14.0. The van der Waals surface area contributed by atoms with Crippen molar-refractivity contribution in [3.63, 3.8) is 0 Å². The Morgan fingerprint density at radius 1 is 0.269 bits per heavy atom. The number of carbonyl (C=O) groups excluding carboxylic acids is 3. The van der Waals surface area contributed by atoms with Gasteiger partial charge in [0.25, 0.3) is 0 Å². The highest BCUT2D eigenvalue weighted by Gasteiger charge is 2.19. The standard InChI is InChI=1S/C72H122O6/c1-4-7-10-13-16-18-20-22-24-26-28-30-32-34-35-36-37-39-40-42-44-46-48-50-52-54-56-59-62-65-71(74)77-68-69(67-76-70(73)64-61-58-15-12-9-6-3)78-72(75)66-63-60-57-55-53-51-49-47-45-43-41-38-33-31-29-27-25-23-21-19-17-14-11-8-5-2/h7,10,16,18,21-24,27-30,33-35,37-39,69H,4-6,8-9,11-15,17,19-20,25-26,31-32,36,40-68H2,1-3H3/b10-7-,18-16-,23-21-,24-22-,29-27-,30-28-,35-34-,38-33-,39-37-. The highest BCUT2D eigenvalue weighted by atomic mass is 16.6. The zero-order valence-electron chi connectivity index (χ0n) is 51.2. The van der Waals surface area contributed by atoms with E-state index in [1.807, 2.05) is 0 Å². The van der Waals surface area contributed by atoms with E-state index in [0.717, 1.165) is 109 Å². The summed E-state index contributed by atoms with van der Waals surface area (Å²) in [5.41, 5.74) is 0. The molecule has 0 saturated carbocycles. The van der Waals surface area contributed by atoms with E-state index in [4.69, 9.17) is 14.2 Å². The van der Waals surface area contributed by atoms with Crippen LogP contribution in [0.2, 0.25) is 0 Å². The minimum atomic E-state index is -0.781. The third-order valence-electron chi connectivity index (χ3n) is 14.0. The number of rotatable bonds is 59. The Balaban J connectivity index is 4.11. The summed E-state index contributed by atoms with van der Waals surface area (Å²) >= 11 is 0. The lowest BCUT2D eigenvalue weighted by Crippen LogP contribution is -2.30. The van der Waals surface area contributed by atoms with Crippen LogP contribution in [0, 0.1) is 0 Å². The maximum absolute atomic E-state index is 12.9. The van der Waals surface area contributed by atoms with E-state index in [1.54, 1.807) is 0 Å². The molecule has 0 aromatic rings. The molecule has 0 spiro atoms. The molecule has 78 heavy (non-hydrogen) atoms. The fourth-order valence-electron chi connectivity index (χ4n) is 9.10. The molecule has 0 bridgehead atoms. The lowest BCUT2D eigenvalue weighted by molar-refractivity contribution is -0.167. The predicted octanol–water partition coefficient (Wildman–Crippen LogP) is 22.6. The van der Waals surface area contributed by atoms with Gasteiger partial charge in [-0.25, -0.2) is 0 Å². The van der Waals surface area contributed by atoms with Gasteiger partial charge in [-0.1, -0.05) is 291 Å². The fourth-order valence-corrected chi connectivity index (χ4v) is 9.10. The largest absolute Gasteiger partial charge is 0.462 e. The zero-order valence-corrected chi connectivity index (χ0v) is 51.2. The summed E-state index contributed by atoms with van der Waals surface area (Å²) in [5, 5.41) is 0. The molecule has 0 heterocycles. The van der Waals surface area contributed by atoms with Crippen LogP contribution in [-0.2, 0) is 28.6 Å². The molecule has 0 N–H and O–H groups in total. The lowest BCUT2D eigenvalue weighted by atomic mass is 10.0. The Labute approximate surface area is 482 Å². The molecule has 1 atom stereocenters. The normalized spacial score (nSPS) is 12.8.